The van der Waals surface area contributed by atoms with Crippen molar-refractivity contribution < 1.29 is 4.79 Å². The van der Waals surface area contributed by atoms with E-state index in [2.05, 4.69) is 12.6 Å². The summed E-state index contributed by atoms with van der Waals surface area (Å²) in [7, 11) is 0. The van der Waals surface area contributed by atoms with Crippen LogP contribution < -0.4 is 5.73 Å². The van der Waals surface area contributed by atoms with Crippen LogP contribution in [0, 0.1) is 0 Å². The van der Waals surface area contributed by atoms with Crippen molar-refractivity contribution in [2.45, 2.75) is 6.42 Å². The molecule has 2 nitrogen and oxygen atoms in total. The van der Waals surface area contributed by atoms with Gasteiger partial charge in [-0.15, -0.1) is 12.6 Å². The Morgan fingerprint density at radius 3 is 2.75 bits per heavy atom. The number of hydrogen-bond donors (Lipinski definition) is 2. The Kier molecular flexibility index (Phi) is 3.00. The molecule has 0 saturated carbocycles. The molecule has 0 bridgehead atoms. The van der Waals surface area contributed by atoms with E-state index in [0.717, 1.165) is 5.56 Å². The highest BCUT2D eigenvalue weighted by Crippen LogP contribution is 2.19. The van der Waals surface area contributed by atoms with Gasteiger partial charge in [-0.05, 0) is 17.7 Å². The molecule has 0 atom stereocenters. The Bertz CT molecular complexity index is 314. The highest BCUT2D eigenvalue weighted by Gasteiger charge is 2.03. The summed E-state index contributed by atoms with van der Waals surface area (Å²) in [5, 5.41) is 0.305. The van der Waals surface area contributed by atoms with Crippen LogP contribution in [0.2, 0.25) is 5.02 Å². The third-order valence-corrected chi connectivity index (χ3v) is 1.93. The summed E-state index contributed by atoms with van der Waals surface area (Å²) in [4.78, 5) is 10.6. The molecule has 2 N–H and O–H groups in total. The van der Waals surface area contributed by atoms with Gasteiger partial charge in [0, 0.05) is 17.1 Å². The quantitative estimate of drug-likeness (QED) is 0.567. The van der Waals surface area contributed by atoms with Gasteiger partial charge in [-0.1, -0.05) is 17.7 Å². The van der Waals surface area contributed by atoms with Crippen LogP contribution >= 0.6 is 24.2 Å². The van der Waals surface area contributed by atoms with Crippen molar-refractivity contribution in [2.75, 3.05) is 5.73 Å². The van der Waals surface area contributed by atoms with Crippen LogP contribution in [0.1, 0.15) is 5.56 Å². The number of hydrogen-bond acceptors (Lipinski definition) is 2. The molecule has 0 unspecified atom stereocenters. The van der Waals surface area contributed by atoms with Gasteiger partial charge < -0.3 is 5.73 Å². The molecule has 0 aliphatic heterocycles. The number of rotatable bonds is 2. The van der Waals surface area contributed by atoms with E-state index >= 15 is 0 Å². The summed E-state index contributed by atoms with van der Waals surface area (Å²) in [5.41, 5.74) is 6.82. The first-order valence-electron chi connectivity index (χ1n) is 3.35. The normalized spacial score (nSPS) is 9.83. The Labute approximate surface area is 81.1 Å². The molecular formula is C8H8ClNOS. The van der Waals surface area contributed by atoms with Crippen LogP contribution in [0.3, 0.4) is 0 Å². The standard InChI is InChI=1S/C8H8ClNOS/c9-7-4-6(10)2-1-5(7)3-8(11)12/h1-2,4H,3,10H2,(H,11,12). The third kappa shape index (κ3) is 2.43. The average molecular weight is 202 g/mol. The molecule has 12 heavy (non-hydrogen) atoms. The zero-order chi connectivity index (χ0) is 9.14. The van der Waals surface area contributed by atoms with E-state index in [9.17, 15) is 4.79 Å². The number of halogens is 1. The topological polar surface area (TPSA) is 43.1 Å². The van der Waals surface area contributed by atoms with Gasteiger partial charge >= 0.3 is 0 Å². The van der Waals surface area contributed by atoms with Gasteiger partial charge in [-0.3, -0.25) is 4.79 Å². The number of nitrogens with two attached hydrogens (primary N) is 1. The molecule has 0 aromatic heterocycles. The van der Waals surface area contributed by atoms with Gasteiger partial charge in [0.05, 0.1) is 0 Å². The maximum Gasteiger partial charge on any atom is 0.190 e. The average Bonchev–Trinajstić information content (AvgIpc) is 1.94. The second-order valence-electron chi connectivity index (χ2n) is 2.42. The van der Waals surface area contributed by atoms with E-state index in [1.165, 1.54) is 0 Å². The van der Waals surface area contributed by atoms with Gasteiger partial charge in [0.15, 0.2) is 5.12 Å². The summed E-state index contributed by atoms with van der Waals surface area (Å²) >= 11 is 9.46. The molecule has 1 aromatic rings. The van der Waals surface area contributed by atoms with E-state index in [1.807, 2.05) is 0 Å². The fourth-order valence-electron chi connectivity index (χ4n) is 0.870. The molecule has 0 amide bonds. The molecule has 1 aromatic carbocycles. The van der Waals surface area contributed by atoms with E-state index in [1.54, 1.807) is 18.2 Å². The molecule has 0 heterocycles. The van der Waals surface area contributed by atoms with Crippen LogP contribution in [-0.4, -0.2) is 5.12 Å². The predicted molar refractivity (Wildman–Crippen MR) is 53.6 cm³/mol. The number of carbonyl (C=O) groups is 1. The molecule has 0 radical (unpaired) electrons. The number of thiol groups is 1. The second kappa shape index (κ2) is 3.83. The summed E-state index contributed by atoms with van der Waals surface area (Å²) < 4.78 is 0. The lowest BCUT2D eigenvalue weighted by Gasteiger charge is -2.01. The summed E-state index contributed by atoms with van der Waals surface area (Å²) in [6.45, 7) is 0. The molecule has 4 heteroatoms. The second-order valence-corrected chi connectivity index (χ2v) is 3.33. The first-order chi connectivity index (χ1) is 5.59. The first kappa shape index (κ1) is 9.42. The molecule has 0 aliphatic rings. The Morgan fingerprint density at radius 1 is 1.58 bits per heavy atom. The van der Waals surface area contributed by atoms with Crippen molar-refractivity contribution in [3.8, 4) is 0 Å². The number of anilines is 1. The minimum atomic E-state index is -0.207. The summed E-state index contributed by atoms with van der Waals surface area (Å²) in [6.07, 6.45) is 0.238. The van der Waals surface area contributed by atoms with Crippen LogP contribution in [0.25, 0.3) is 0 Å². The number of benzene rings is 1. The largest absolute Gasteiger partial charge is 0.399 e. The summed E-state index contributed by atoms with van der Waals surface area (Å²) in [6, 6.07) is 5.05. The van der Waals surface area contributed by atoms with Gasteiger partial charge in [0.1, 0.15) is 0 Å². The fraction of sp³-hybridized carbons (Fsp3) is 0.125. The van der Waals surface area contributed by atoms with Crippen LogP contribution in [-0.2, 0) is 11.2 Å². The van der Waals surface area contributed by atoms with Crippen molar-refractivity contribution in [1.82, 2.24) is 0 Å². The van der Waals surface area contributed by atoms with E-state index in [4.69, 9.17) is 17.3 Å². The molecular weight excluding hydrogens is 194 g/mol. The Hall–Kier alpha value is -0.670. The maximum absolute atomic E-state index is 10.6. The van der Waals surface area contributed by atoms with Crippen LogP contribution in [0.4, 0.5) is 5.69 Å². The first-order valence-corrected chi connectivity index (χ1v) is 4.18. The lowest BCUT2D eigenvalue weighted by molar-refractivity contribution is -0.110. The zero-order valence-corrected chi connectivity index (χ0v) is 7.90. The minimum Gasteiger partial charge on any atom is -0.399 e. The van der Waals surface area contributed by atoms with E-state index in [-0.39, 0.29) is 11.5 Å². The SMILES string of the molecule is Nc1ccc(CC(=O)S)c(Cl)c1. The third-order valence-electron chi connectivity index (χ3n) is 1.42. The lowest BCUT2D eigenvalue weighted by atomic mass is 10.1. The highest BCUT2D eigenvalue weighted by atomic mass is 35.5. The van der Waals surface area contributed by atoms with Gasteiger partial charge in [0.25, 0.3) is 0 Å². The molecule has 0 aliphatic carbocycles. The van der Waals surface area contributed by atoms with Gasteiger partial charge in [-0.25, -0.2) is 0 Å². The molecule has 1 rings (SSSR count). The fourth-order valence-corrected chi connectivity index (χ4v) is 1.30. The number of nitrogen functional groups attached to an aromatic ring is 1. The highest BCUT2D eigenvalue weighted by molar-refractivity contribution is 7.96. The van der Waals surface area contributed by atoms with E-state index < -0.39 is 0 Å². The summed E-state index contributed by atoms with van der Waals surface area (Å²) in [5.74, 6) is 0. The van der Waals surface area contributed by atoms with Crippen molar-refractivity contribution >= 4 is 35.0 Å². The Morgan fingerprint density at radius 2 is 2.25 bits per heavy atom. The van der Waals surface area contributed by atoms with Crippen molar-refractivity contribution in [2.24, 2.45) is 0 Å². The van der Waals surface area contributed by atoms with Crippen LogP contribution in [0.15, 0.2) is 18.2 Å². The van der Waals surface area contributed by atoms with Crippen molar-refractivity contribution in [1.29, 1.82) is 0 Å². The van der Waals surface area contributed by atoms with Crippen molar-refractivity contribution in [3.63, 3.8) is 0 Å². The minimum absolute atomic E-state index is 0.207. The predicted octanol–water partition coefficient (Wildman–Crippen LogP) is 1.92. The smallest absolute Gasteiger partial charge is 0.190 e. The maximum atomic E-state index is 10.6. The van der Waals surface area contributed by atoms with E-state index in [0.29, 0.717) is 10.7 Å². The molecule has 0 spiro atoms. The number of carbonyl (C=O) groups excluding carboxylic acids is 1. The molecule has 64 valence electrons. The van der Waals surface area contributed by atoms with Gasteiger partial charge in [0.2, 0.25) is 0 Å². The lowest BCUT2D eigenvalue weighted by Crippen LogP contribution is -1.95. The molecule has 0 fully saturated rings. The zero-order valence-electron chi connectivity index (χ0n) is 6.25. The molecule has 0 saturated heterocycles. The monoisotopic (exact) mass is 201 g/mol. The van der Waals surface area contributed by atoms with Gasteiger partial charge in [-0.2, -0.15) is 0 Å². The van der Waals surface area contributed by atoms with Crippen LogP contribution in [0.5, 0.6) is 0 Å². The Balaban J connectivity index is 2.93. The van der Waals surface area contributed by atoms with Crippen molar-refractivity contribution in [3.05, 3.63) is 28.8 Å².